The lowest BCUT2D eigenvalue weighted by Crippen LogP contribution is -2.45. The van der Waals surface area contributed by atoms with E-state index in [0.717, 1.165) is 16.6 Å². The zero-order valence-corrected chi connectivity index (χ0v) is 19.4. The van der Waals surface area contributed by atoms with Gasteiger partial charge in [0, 0.05) is 17.3 Å². The molecule has 3 aromatic rings. The van der Waals surface area contributed by atoms with Gasteiger partial charge in [-0.2, -0.15) is 4.98 Å². The maximum atomic E-state index is 13.4. The van der Waals surface area contributed by atoms with Crippen molar-refractivity contribution in [3.05, 3.63) is 80.1 Å². The van der Waals surface area contributed by atoms with Crippen LogP contribution in [0.15, 0.2) is 58.1 Å². The summed E-state index contributed by atoms with van der Waals surface area (Å²) < 4.78 is 7.82. The highest BCUT2D eigenvalue weighted by Gasteiger charge is 2.51. The number of rotatable bonds is 10. The number of carboxylic acids is 1. The summed E-state index contributed by atoms with van der Waals surface area (Å²) in [6.45, 7) is 2.52. The minimum Gasteiger partial charge on any atom is -0.494 e. The Bertz CT molecular complexity index is 1290. The van der Waals surface area contributed by atoms with E-state index in [1.165, 1.54) is 4.57 Å². The van der Waals surface area contributed by atoms with Crippen LogP contribution in [-0.4, -0.2) is 31.8 Å². The minimum absolute atomic E-state index is 0.0589. The molecule has 9 nitrogen and oxygen atoms in total. The van der Waals surface area contributed by atoms with Crippen molar-refractivity contribution in [2.45, 2.75) is 39.3 Å². The summed E-state index contributed by atoms with van der Waals surface area (Å²) in [5, 5.41) is 13.1. The minimum atomic E-state index is -1.09. The molecule has 1 heterocycles. The second-order valence-electron chi connectivity index (χ2n) is 8.38. The Kier molecular flexibility index (Phi) is 6.74. The fourth-order valence-corrected chi connectivity index (χ4v) is 3.68. The van der Waals surface area contributed by atoms with Gasteiger partial charge in [0.15, 0.2) is 0 Å². The van der Waals surface area contributed by atoms with Crippen LogP contribution < -0.4 is 21.4 Å². The molecule has 0 bridgehead atoms. The third-order valence-electron chi connectivity index (χ3n) is 5.76. The number of anilines is 2. The number of carboxylic acid groups (broad SMARTS) is 1. The summed E-state index contributed by atoms with van der Waals surface area (Å²) in [4.78, 5) is 41.9. The number of benzene rings is 2. The first-order chi connectivity index (χ1) is 16.3. The van der Waals surface area contributed by atoms with Crippen molar-refractivity contribution in [3.8, 4) is 5.75 Å². The number of aromatic nitrogens is 3. The molecule has 0 amide bonds. The number of nitrogens with zero attached hydrogens (tertiary/aromatic N) is 3. The molecular formula is C24H25ClN4O5. The van der Waals surface area contributed by atoms with E-state index in [2.05, 4.69) is 10.3 Å². The Hall–Kier alpha value is -3.59. The average Bonchev–Trinajstić information content (AvgIpc) is 3.61. The zero-order chi connectivity index (χ0) is 24.3. The van der Waals surface area contributed by atoms with Gasteiger partial charge in [0.25, 0.3) is 0 Å². The third kappa shape index (κ3) is 5.14. The van der Waals surface area contributed by atoms with E-state index in [4.69, 9.17) is 16.3 Å². The van der Waals surface area contributed by atoms with Gasteiger partial charge in [0.2, 0.25) is 5.95 Å². The maximum absolute atomic E-state index is 13.4. The normalized spacial score (nSPS) is 13.9. The van der Waals surface area contributed by atoms with Gasteiger partial charge in [-0.1, -0.05) is 30.7 Å². The van der Waals surface area contributed by atoms with Crippen LogP contribution >= 0.6 is 11.6 Å². The van der Waals surface area contributed by atoms with Gasteiger partial charge >= 0.3 is 17.3 Å². The quantitative estimate of drug-likeness (QED) is 0.452. The van der Waals surface area contributed by atoms with E-state index in [0.29, 0.717) is 35.9 Å². The Morgan fingerprint density at radius 1 is 1.12 bits per heavy atom. The molecule has 0 unspecified atom stereocenters. The molecular weight excluding hydrogens is 460 g/mol. The summed E-state index contributed by atoms with van der Waals surface area (Å²) >= 11 is 5.98. The first-order valence-corrected chi connectivity index (χ1v) is 11.4. The van der Waals surface area contributed by atoms with Crippen LogP contribution in [0, 0.1) is 5.41 Å². The van der Waals surface area contributed by atoms with Crippen molar-refractivity contribution in [1.82, 2.24) is 14.1 Å². The fraction of sp³-hybridized carbons (Fsp3) is 0.333. The fourth-order valence-electron chi connectivity index (χ4n) is 3.55. The van der Waals surface area contributed by atoms with E-state index in [-0.39, 0.29) is 19.0 Å². The number of hydrogen-bond acceptors (Lipinski definition) is 6. The first-order valence-electron chi connectivity index (χ1n) is 11.0. The molecule has 0 aliphatic heterocycles. The van der Waals surface area contributed by atoms with Gasteiger partial charge in [-0.05, 0) is 61.2 Å². The van der Waals surface area contributed by atoms with Crippen LogP contribution in [0.1, 0.15) is 31.7 Å². The van der Waals surface area contributed by atoms with E-state index in [1.54, 1.807) is 48.5 Å². The predicted octanol–water partition coefficient (Wildman–Crippen LogP) is 3.50. The zero-order valence-electron chi connectivity index (χ0n) is 18.7. The molecule has 0 atom stereocenters. The molecule has 1 aliphatic carbocycles. The van der Waals surface area contributed by atoms with Crippen molar-refractivity contribution in [3.63, 3.8) is 0 Å². The molecule has 1 fully saturated rings. The van der Waals surface area contributed by atoms with Crippen LogP contribution in [0.4, 0.5) is 11.6 Å². The topological polar surface area (TPSA) is 115 Å². The predicted molar refractivity (Wildman–Crippen MR) is 128 cm³/mol. The second-order valence-corrected chi connectivity index (χ2v) is 8.82. The molecule has 10 heteroatoms. The molecule has 1 aromatic heterocycles. The van der Waals surface area contributed by atoms with E-state index in [9.17, 15) is 19.5 Å². The standard InChI is InChI=1S/C24H25ClN4O5/c1-2-13-34-19-9-7-18(8-10-19)26-21-27-22(32)29(15-24(11-12-24)20(30)31)23(33)28(21)14-16-3-5-17(25)6-4-16/h3-10H,2,11-15H2,1H3,(H,30,31)(H,26,27,32). The van der Waals surface area contributed by atoms with Gasteiger partial charge in [0.05, 0.1) is 18.6 Å². The van der Waals surface area contributed by atoms with Crippen molar-refractivity contribution in [2.24, 2.45) is 5.41 Å². The number of carbonyl (C=O) groups is 1. The molecule has 0 radical (unpaired) electrons. The van der Waals surface area contributed by atoms with Crippen LogP contribution in [0.25, 0.3) is 0 Å². The van der Waals surface area contributed by atoms with Gasteiger partial charge in [-0.15, -0.1) is 0 Å². The Morgan fingerprint density at radius 2 is 1.79 bits per heavy atom. The van der Waals surface area contributed by atoms with Crippen molar-refractivity contribution < 1.29 is 14.6 Å². The highest BCUT2D eigenvalue weighted by Crippen LogP contribution is 2.46. The lowest BCUT2D eigenvalue weighted by molar-refractivity contribution is -0.143. The van der Waals surface area contributed by atoms with Crippen molar-refractivity contribution in [1.29, 1.82) is 0 Å². The number of ether oxygens (including phenoxy) is 1. The largest absolute Gasteiger partial charge is 0.494 e. The van der Waals surface area contributed by atoms with Crippen LogP contribution in [-0.2, 0) is 17.9 Å². The molecule has 0 spiro atoms. The molecule has 0 saturated heterocycles. The lowest BCUT2D eigenvalue weighted by Gasteiger charge is -2.17. The van der Waals surface area contributed by atoms with Crippen LogP contribution in [0.5, 0.6) is 5.75 Å². The highest BCUT2D eigenvalue weighted by molar-refractivity contribution is 6.30. The second kappa shape index (κ2) is 9.72. The van der Waals surface area contributed by atoms with Crippen LogP contribution in [0.2, 0.25) is 5.02 Å². The lowest BCUT2D eigenvalue weighted by atomic mass is 10.1. The first kappa shape index (κ1) is 23.6. The van der Waals surface area contributed by atoms with Gasteiger partial charge in [-0.25, -0.2) is 14.2 Å². The van der Waals surface area contributed by atoms with Gasteiger partial charge in [0.1, 0.15) is 5.75 Å². The molecule has 2 N–H and O–H groups in total. The number of aliphatic carboxylic acids is 1. The van der Waals surface area contributed by atoms with Gasteiger partial charge < -0.3 is 15.2 Å². The third-order valence-corrected chi connectivity index (χ3v) is 6.01. The molecule has 1 saturated carbocycles. The maximum Gasteiger partial charge on any atom is 0.354 e. The van der Waals surface area contributed by atoms with Crippen molar-refractivity contribution in [2.75, 3.05) is 11.9 Å². The monoisotopic (exact) mass is 484 g/mol. The summed E-state index contributed by atoms with van der Waals surface area (Å²) in [6.07, 6.45) is 1.72. The molecule has 4 rings (SSSR count). The van der Waals surface area contributed by atoms with E-state index in [1.807, 2.05) is 6.92 Å². The van der Waals surface area contributed by atoms with E-state index < -0.39 is 22.8 Å². The summed E-state index contributed by atoms with van der Waals surface area (Å²) in [7, 11) is 0. The number of halogens is 1. The Balaban J connectivity index is 1.71. The molecule has 34 heavy (non-hydrogen) atoms. The van der Waals surface area contributed by atoms with E-state index >= 15 is 0 Å². The number of hydrogen-bond donors (Lipinski definition) is 2. The Labute approximate surface area is 200 Å². The van der Waals surface area contributed by atoms with Crippen molar-refractivity contribution >= 4 is 29.2 Å². The Morgan fingerprint density at radius 3 is 2.38 bits per heavy atom. The molecule has 2 aromatic carbocycles. The average molecular weight is 485 g/mol. The smallest absolute Gasteiger partial charge is 0.354 e. The van der Waals surface area contributed by atoms with Gasteiger partial charge in [-0.3, -0.25) is 9.36 Å². The SMILES string of the molecule is CCCOc1ccc(Nc2nc(=O)n(CC3(C(=O)O)CC3)c(=O)n2Cc2ccc(Cl)cc2)cc1. The molecule has 1 aliphatic rings. The highest BCUT2D eigenvalue weighted by atomic mass is 35.5. The molecule has 178 valence electrons. The number of nitrogens with one attached hydrogen (secondary N) is 1. The van der Waals surface area contributed by atoms with Crippen LogP contribution in [0.3, 0.4) is 0 Å². The summed E-state index contributed by atoms with van der Waals surface area (Å²) in [5.41, 5.74) is -1.14. The summed E-state index contributed by atoms with van der Waals surface area (Å²) in [5.74, 6) is -0.253. The summed E-state index contributed by atoms with van der Waals surface area (Å²) in [6, 6.07) is 14.0.